The molecule has 2 aliphatic rings. The maximum atomic E-state index is 13.5. The van der Waals surface area contributed by atoms with Gasteiger partial charge in [0.25, 0.3) is 5.91 Å². The molecule has 0 saturated carbocycles. The van der Waals surface area contributed by atoms with Gasteiger partial charge in [-0.15, -0.1) is 0 Å². The number of carbonyl (C=O) groups excluding carboxylic acids is 1. The van der Waals surface area contributed by atoms with Crippen LogP contribution in [-0.2, 0) is 0 Å². The first-order valence-corrected chi connectivity index (χ1v) is 9.47. The second-order valence-electron chi connectivity index (χ2n) is 6.72. The first kappa shape index (κ1) is 18.7. The summed E-state index contributed by atoms with van der Waals surface area (Å²) in [6.45, 7) is 3.87. The number of hydrogen-bond donors (Lipinski definition) is 0. The number of piperazine rings is 1. The van der Waals surface area contributed by atoms with Crippen LogP contribution in [0.15, 0.2) is 47.5 Å². The maximum absolute atomic E-state index is 13.5. The summed E-state index contributed by atoms with van der Waals surface area (Å²) in [5.74, 6) is -1.77. The highest BCUT2D eigenvalue weighted by Gasteiger charge is 2.31. The average molecular weight is 405 g/mol. The van der Waals surface area contributed by atoms with Crippen LogP contribution in [-0.4, -0.2) is 60.9 Å². The Morgan fingerprint density at radius 1 is 0.929 bits per heavy atom. The number of hydrogen-bond acceptors (Lipinski definition) is 4. The SMILES string of the molecule is O=C(c1ccc(F)c(F)c1)N1CCN=C1N1CCN(c2cccc(Cl)c2)CC1. The van der Waals surface area contributed by atoms with Gasteiger partial charge in [0, 0.05) is 49.0 Å². The molecule has 0 atom stereocenters. The summed E-state index contributed by atoms with van der Waals surface area (Å²) in [4.78, 5) is 23.1. The van der Waals surface area contributed by atoms with Crippen molar-refractivity contribution in [1.82, 2.24) is 9.80 Å². The first-order chi connectivity index (χ1) is 13.5. The van der Waals surface area contributed by atoms with E-state index in [0.29, 0.717) is 37.2 Å². The van der Waals surface area contributed by atoms with Crippen LogP contribution in [0.5, 0.6) is 0 Å². The molecule has 0 aliphatic carbocycles. The van der Waals surface area contributed by atoms with Crippen molar-refractivity contribution >= 4 is 29.2 Å². The van der Waals surface area contributed by atoms with Crippen molar-refractivity contribution in [2.24, 2.45) is 4.99 Å². The lowest BCUT2D eigenvalue weighted by Gasteiger charge is -2.38. The van der Waals surface area contributed by atoms with Crippen LogP contribution in [0, 0.1) is 11.6 Å². The molecule has 2 heterocycles. The molecule has 0 bridgehead atoms. The standard InChI is InChI=1S/C20H19ClF2N4O/c21-15-2-1-3-16(13-15)25-8-10-26(11-9-25)20-24-6-7-27(20)19(28)14-4-5-17(22)18(23)12-14/h1-5,12-13H,6-11H2. The molecule has 1 fully saturated rings. The van der Waals surface area contributed by atoms with E-state index < -0.39 is 11.6 Å². The van der Waals surface area contributed by atoms with Gasteiger partial charge in [-0.1, -0.05) is 17.7 Å². The van der Waals surface area contributed by atoms with Gasteiger partial charge < -0.3 is 9.80 Å². The molecule has 0 N–H and O–H groups in total. The Bertz CT molecular complexity index is 928. The molecule has 0 aromatic heterocycles. The minimum Gasteiger partial charge on any atom is -0.368 e. The number of aliphatic imine (C=N–C) groups is 1. The highest BCUT2D eigenvalue weighted by Crippen LogP contribution is 2.22. The van der Waals surface area contributed by atoms with Gasteiger partial charge in [-0.3, -0.25) is 14.7 Å². The van der Waals surface area contributed by atoms with E-state index in [9.17, 15) is 13.6 Å². The van der Waals surface area contributed by atoms with E-state index in [4.69, 9.17) is 11.6 Å². The summed E-state index contributed by atoms with van der Waals surface area (Å²) in [6.07, 6.45) is 0. The van der Waals surface area contributed by atoms with Gasteiger partial charge in [-0.2, -0.15) is 0 Å². The predicted octanol–water partition coefficient (Wildman–Crippen LogP) is 3.25. The Morgan fingerprint density at radius 2 is 1.68 bits per heavy atom. The van der Waals surface area contributed by atoms with E-state index in [-0.39, 0.29) is 11.5 Å². The molecule has 146 valence electrons. The van der Waals surface area contributed by atoms with Crippen molar-refractivity contribution in [3.8, 4) is 0 Å². The number of rotatable bonds is 2. The van der Waals surface area contributed by atoms with Gasteiger partial charge in [0.05, 0.1) is 6.54 Å². The summed E-state index contributed by atoms with van der Waals surface area (Å²) in [5, 5.41) is 0.698. The Kier molecular flexibility index (Phi) is 5.17. The molecule has 8 heteroatoms. The number of anilines is 1. The molecular weight excluding hydrogens is 386 g/mol. The first-order valence-electron chi connectivity index (χ1n) is 9.10. The molecular formula is C20H19ClF2N4O. The third-order valence-corrected chi connectivity index (χ3v) is 5.20. The van der Waals surface area contributed by atoms with E-state index in [1.54, 1.807) is 4.90 Å². The molecule has 5 nitrogen and oxygen atoms in total. The largest absolute Gasteiger partial charge is 0.368 e. The number of benzene rings is 2. The Hall–Kier alpha value is -2.67. The van der Waals surface area contributed by atoms with Crippen LogP contribution in [0.25, 0.3) is 0 Å². The topological polar surface area (TPSA) is 39.2 Å². The van der Waals surface area contributed by atoms with Crippen molar-refractivity contribution < 1.29 is 13.6 Å². The van der Waals surface area contributed by atoms with Crippen molar-refractivity contribution in [1.29, 1.82) is 0 Å². The minimum atomic E-state index is -1.03. The number of amides is 1. The number of halogens is 3. The lowest BCUT2D eigenvalue weighted by molar-refractivity contribution is 0.0842. The zero-order valence-electron chi connectivity index (χ0n) is 15.1. The molecule has 4 rings (SSSR count). The Balaban J connectivity index is 1.44. The molecule has 0 spiro atoms. The van der Waals surface area contributed by atoms with E-state index in [1.807, 2.05) is 24.3 Å². The van der Waals surface area contributed by atoms with Gasteiger partial charge in [0.1, 0.15) is 0 Å². The zero-order valence-corrected chi connectivity index (χ0v) is 15.9. The van der Waals surface area contributed by atoms with Crippen LogP contribution < -0.4 is 4.90 Å². The molecule has 2 aromatic carbocycles. The summed E-state index contributed by atoms with van der Waals surface area (Å²) in [5.41, 5.74) is 1.18. The third kappa shape index (κ3) is 3.67. The fourth-order valence-electron chi connectivity index (χ4n) is 3.52. The van der Waals surface area contributed by atoms with Crippen molar-refractivity contribution in [2.45, 2.75) is 0 Å². The van der Waals surface area contributed by atoms with Crippen LogP contribution in [0.2, 0.25) is 5.02 Å². The monoisotopic (exact) mass is 404 g/mol. The zero-order chi connectivity index (χ0) is 19.7. The number of nitrogens with zero attached hydrogens (tertiary/aromatic N) is 4. The van der Waals surface area contributed by atoms with E-state index >= 15 is 0 Å². The normalized spacial score (nSPS) is 17.1. The van der Waals surface area contributed by atoms with Gasteiger partial charge in [-0.25, -0.2) is 8.78 Å². The lowest BCUT2D eigenvalue weighted by atomic mass is 10.2. The Labute approximate surface area is 166 Å². The quantitative estimate of drug-likeness (QED) is 0.771. The van der Waals surface area contributed by atoms with Crippen LogP contribution in [0.1, 0.15) is 10.4 Å². The van der Waals surface area contributed by atoms with Crippen molar-refractivity contribution in [3.05, 3.63) is 64.7 Å². The average Bonchev–Trinajstić information content (AvgIpc) is 3.19. The van der Waals surface area contributed by atoms with Crippen LogP contribution >= 0.6 is 11.6 Å². The fourth-order valence-corrected chi connectivity index (χ4v) is 3.71. The highest BCUT2D eigenvalue weighted by molar-refractivity contribution is 6.30. The third-order valence-electron chi connectivity index (χ3n) is 4.97. The molecule has 28 heavy (non-hydrogen) atoms. The van der Waals surface area contributed by atoms with Gasteiger partial charge in [0.2, 0.25) is 5.96 Å². The second kappa shape index (κ2) is 7.75. The smallest absolute Gasteiger partial charge is 0.260 e. The molecule has 0 unspecified atom stereocenters. The van der Waals surface area contributed by atoms with Gasteiger partial charge in [-0.05, 0) is 36.4 Å². The predicted molar refractivity (Wildman–Crippen MR) is 105 cm³/mol. The lowest BCUT2D eigenvalue weighted by Crippen LogP contribution is -2.53. The van der Waals surface area contributed by atoms with Crippen LogP contribution in [0.4, 0.5) is 14.5 Å². The summed E-state index contributed by atoms with van der Waals surface area (Å²) < 4.78 is 26.7. The summed E-state index contributed by atoms with van der Waals surface area (Å²) >= 11 is 6.08. The molecule has 1 saturated heterocycles. The maximum Gasteiger partial charge on any atom is 0.260 e. The van der Waals surface area contributed by atoms with Crippen LogP contribution in [0.3, 0.4) is 0 Å². The van der Waals surface area contributed by atoms with Gasteiger partial charge in [0.15, 0.2) is 11.6 Å². The van der Waals surface area contributed by atoms with E-state index in [0.717, 1.165) is 30.9 Å². The highest BCUT2D eigenvalue weighted by atomic mass is 35.5. The number of guanidine groups is 1. The summed E-state index contributed by atoms with van der Waals surface area (Å²) in [6, 6.07) is 10.9. The molecule has 2 aliphatic heterocycles. The van der Waals surface area contributed by atoms with Gasteiger partial charge >= 0.3 is 0 Å². The molecule has 0 radical (unpaired) electrons. The van der Waals surface area contributed by atoms with E-state index in [1.165, 1.54) is 6.07 Å². The fraction of sp³-hybridized carbons (Fsp3) is 0.300. The summed E-state index contributed by atoms with van der Waals surface area (Å²) in [7, 11) is 0. The number of carbonyl (C=O) groups is 1. The second-order valence-corrected chi connectivity index (χ2v) is 7.16. The van der Waals surface area contributed by atoms with Crippen molar-refractivity contribution in [3.63, 3.8) is 0 Å². The van der Waals surface area contributed by atoms with E-state index in [2.05, 4.69) is 14.8 Å². The molecule has 1 amide bonds. The Morgan fingerprint density at radius 3 is 2.39 bits per heavy atom. The molecule has 2 aromatic rings. The minimum absolute atomic E-state index is 0.117. The van der Waals surface area contributed by atoms with Crippen molar-refractivity contribution in [2.75, 3.05) is 44.2 Å².